The van der Waals surface area contributed by atoms with Crippen molar-refractivity contribution in [3.05, 3.63) is 22.4 Å². The van der Waals surface area contributed by atoms with Crippen molar-refractivity contribution in [1.82, 2.24) is 0 Å². The number of hydrogen-bond donors (Lipinski definition) is 0. The SMILES string of the molecule is CCOC(=O)[C@@H](Cl)c1cccs1. The van der Waals surface area contributed by atoms with Gasteiger partial charge in [-0.2, -0.15) is 0 Å². The maximum Gasteiger partial charge on any atom is 0.329 e. The molecule has 1 aromatic rings. The van der Waals surface area contributed by atoms with E-state index >= 15 is 0 Å². The van der Waals surface area contributed by atoms with E-state index in [1.165, 1.54) is 11.3 Å². The summed E-state index contributed by atoms with van der Waals surface area (Å²) in [6, 6.07) is 3.67. The van der Waals surface area contributed by atoms with E-state index in [0.717, 1.165) is 4.88 Å². The first-order chi connectivity index (χ1) is 5.75. The number of hydrogen-bond acceptors (Lipinski definition) is 3. The van der Waals surface area contributed by atoms with E-state index in [1.807, 2.05) is 17.5 Å². The molecule has 0 aromatic carbocycles. The third-order valence-corrected chi connectivity index (χ3v) is 2.77. The monoisotopic (exact) mass is 204 g/mol. The van der Waals surface area contributed by atoms with Gasteiger partial charge < -0.3 is 4.74 Å². The summed E-state index contributed by atoms with van der Waals surface area (Å²) in [6.45, 7) is 2.13. The Bertz CT molecular complexity index is 246. The lowest BCUT2D eigenvalue weighted by atomic mass is 10.3. The molecule has 0 saturated carbocycles. The summed E-state index contributed by atoms with van der Waals surface area (Å²) in [5.74, 6) is -0.374. The van der Waals surface area contributed by atoms with Gasteiger partial charge in [-0.25, -0.2) is 0 Å². The summed E-state index contributed by atoms with van der Waals surface area (Å²) in [6.07, 6.45) is 0. The highest BCUT2D eigenvalue weighted by molar-refractivity contribution is 7.10. The van der Waals surface area contributed by atoms with Crippen molar-refractivity contribution in [3.63, 3.8) is 0 Å². The van der Waals surface area contributed by atoms with Gasteiger partial charge >= 0.3 is 5.97 Å². The van der Waals surface area contributed by atoms with E-state index in [-0.39, 0.29) is 5.97 Å². The second-order valence-corrected chi connectivity index (χ2v) is 3.55. The molecule has 0 aliphatic heterocycles. The van der Waals surface area contributed by atoms with Crippen LogP contribution in [0.4, 0.5) is 0 Å². The molecule has 2 nitrogen and oxygen atoms in total. The minimum absolute atomic E-state index is 0.368. The molecule has 4 heteroatoms. The average Bonchev–Trinajstić information content (AvgIpc) is 2.55. The molecular formula is C8H9ClO2S. The van der Waals surface area contributed by atoms with E-state index in [4.69, 9.17) is 16.3 Å². The second kappa shape index (κ2) is 4.48. The van der Waals surface area contributed by atoms with Crippen molar-refractivity contribution in [2.45, 2.75) is 12.3 Å². The smallest absolute Gasteiger partial charge is 0.329 e. The van der Waals surface area contributed by atoms with Crippen LogP contribution in [0.25, 0.3) is 0 Å². The van der Waals surface area contributed by atoms with Crippen LogP contribution in [0.15, 0.2) is 17.5 Å². The lowest BCUT2D eigenvalue weighted by molar-refractivity contribution is -0.142. The van der Waals surface area contributed by atoms with Crippen molar-refractivity contribution >= 4 is 28.9 Å². The Kier molecular flexibility index (Phi) is 3.56. The highest BCUT2D eigenvalue weighted by Gasteiger charge is 2.19. The van der Waals surface area contributed by atoms with Gasteiger partial charge in [0.05, 0.1) is 6.61 Å². The van der Waals surface area contributed by atoms with Gasteiger partial charge in [0.15, 0.2) is 5.38 Å². The van der Waals surface area contributed by atoms with Crippen LogP contribution < -0.4 is 0 Å². The van der Waals surface area contributed by atoms with Crippen LogP contribution >= 0.6 is 22.9 Å². The molecule has 0 aliphatic rings. The van der Waals surface area contributed by atoms with E-state index in [2.05, 4.69) is 0 Å². The molecule has 1 aromatic heterocycles. The minimum Gasteiger partial charge on any atom is -0.465 e. The van der Waals surface area contributed by atoms with Gasteiger partial charge in [-0.1, -0.05) is 6.07 Å². The number of carbonyl (C=O) groups excluding carboxylic acids is 1. The topological polar surface area (TPSA) is 26.3 Å². The van der Waals surface area contributed by atoms with E-state index < -0.39 is 5.38 Å². The zero-order chi connectivity index (χ0) is 8.97. The molecule has 0 radical (unpaired) electrons. The zero-order valence-electron chi connectivity index (χ0n) is 6.62. The molecule has 0 saturated heterocycles. The van der Waals surface area contributed by atoms with Gasteiger partial charge in [0.2, 0.25) is 0 Å². The van der Waals surface area contributed by atoms with Crippen LogP contribution in [0, 0.1) is 0 Å². The van der Waals surface area contributed by atoms with Gasteiger partial charge in [0, 0.05) is 4.88 Å². The quantitative estimate of drug-likeness (QED) is 0.559. The molecule has 0 aliphatic carbocycles. The van der Waals surface area contributed by atoms with Crippen molar-refractivity contribution in [2.24, 2.45) is 0 Å². The molecule has 1 rings (SSSR count). The molecule has 0 bridgehead atoms. The minimum atomic E-state index is -0.648. The Morgan fingerprint density at radius 2 is 2.58 bits per heavy atom. The molecule has 0 amide bonds. The number of alkyl halides is 1. The standard InChI is InChI=1S/C8H9ClO2S/c1-2-11-8(10)7(9)6-4-3-5-12-6/h3-5,7H,2H2,1H3/t7-/m0/s1. The third kappa shape index (κ3) is 2.22. The first-order valence-electron chi connectivity index (χ1n) is 3.59. The summed E-state index contributed by atoms with van der Waals surface area (Å²) in [4.78, 5) is 11.9. The molecule has 1 atom stereocenters. The summed E-state index contributed by atoms with van der Waals surface area (Å²) >= 11 is 7.27. The first-order valence-corrected chi connectivity index (χ1v) is 4.91. The maximum absolute atomic E-state index is 11.1. The van der Waals surface area contributed by atoms with Gasteiger partial charge in [-0.15, -0.1) is 22.9 Å². The Morgan fingerprint density at radius 1 is 1.83 bits per heavy atom. The summed E-state index contributed by atoms with van der Waals surface area (Å²) in [5, 5.41) is 1.23. The molecular weight excluding hydrogens is 196 g/mol. The molecule has 0 N–H and O–H groups in total. The van der Waals surface area contributed by atoms with Crippen LogP contribution in [-0.4, -0.2) is 12.6 Å². The second-order valence-electron chi connectivity index (χ2n) is 2.13. The Hall–Kier alpha value is -0.540. The zero-order valence-corrected chi connectivity index (χ0v) is 8.19. The number of esters is 1. The molecule has 0 unspecified atom stereocenters. The lowest BCUT2D eigenvalue weighted by Gasteiger charge is -2.05. The summed E-state index contributed by atoms with van der Waals surface area (Å²) in [5.41, 5.74) is 0. The van der Waals surface area contributed by atoms with E-state index in [1.54, 1.807) is 6.92 Å². The maximum atomic E-state index is 11.1. The molecule has 0 fully saturated rings. The number of ether oxygens (including phenoxy) is 1. The predicted molar refractivity (Wildman–Crippen MR) is 49.5 cm³/mol. The third-order valence-electron chi connectivity index (χ3n) is 1.29. The molecule has 66 valence electrons. The fraction of sp³-hybridized carbons (Fsp3) is 0.375. The predicted octanol–water partition coefficient (Wildman–Crippen LogP) is 2.59. The Labute approximate surface area is 80.1 Å². The lowest BCUT2D eigenvalue weighted by Crippen LogP contribution is -2.09. The Balaban J connectivity index is 2.59. The number of rotatable bonds is 3. The fourth-order valence-electron chi connectivity index (χ4n) is 0.767. The van der Waals surface area contributed by atoms with Gasteiger partial charge in [-0.05, 0) is 18.4 Å². The van der Waals surface area contributed by atoms with E-state index in [0.29, 0.717) is 6.61 Å². The van der Waals surface area contributed by atoms with Crippen molar-refractivity contribution in [2.75, 3.05) is 6.61 Å². The van der Waals surface area contributed by atoms with Crippen LogP contribution in [0.1, 0.15) is 17.2 Å². The highest BCUT2D eigenvalue weighted by Crippen LogP contribution is 2.25. The largest absolute Gasteiger partial charge is 0.465 e. The van der Waals surface area contributed by atoms with Crippen molar-refractivity contribution < 1.29 is 9.53 Å². The van der Waals surface area contributed by atoms with Gasteiger partial charge in [0.1, 0.15) is 0 Å². The number of thiophene rings is 1. The van der Waals surface area contributed by atoms with Crippen LogP contribution in [-0.2, 0) is 9.53 Å². The normalized spacial score (nSPS) is 12.5. The van der Waals surface area contributed by atoms with Crippen molar-refractivity contribution in [3.8, 4) is 0 Å². The summed E-state index contributed by atoms with van der Waals surface area (Å²) in [7, 11) is 0. The van der Waals surface area contributed by atoms with Crippen LogP contribution in [0.2, 0.25) is 0 Å². The molecule has 0 spiro atoms. The van der Waals surface area contributed by atoms with E-state index in [9.17, 15) is 4.79 Å². The highest BCUT2D eigenvalue weighted by atomic mass is 35.5. The van der Waals surface area contributed by atoms with Crippen LogP contribution in [0.5, 0.6) is 0 Å². The van der Waals surface area contributed by atoms with Crippen LogP contribution in [0.3, 0.4) is 0 Å². The average molecular weight is 205 g/mol. The summed E-state index contributed by atoms with van der Waals surface area (Å²) < 4.78 is 4.76. The number of carbonyl (C=O) groups is 1. The van der Waals surface area contributed by atoms with Gasteiger partial charge in [0.25, 0.3) is 0 Å². The number of halogens is 1. The Morgan fingerprint density at radius 3 is 3.08 bits per heavy atom. The first kappa shape index (κ1) is 9.55. The molecule has 12 heavy (non-hydrogen) atoms. The molecule has 1 heterocycles. The van der Waals surface area contributed by atoms with Crippen molar-refractivity contribution in [1.29, 1.82) is 0 Å². The van der Waals surface area contributed by atoms with Gasteiger partial charge in [-0.3, -0.25) is 4.79 Å². The fourth-order valence-corrected chi connectivity index (χ4v) is 1.74.